The summed E-state index contributed by atoms with van der Waals surface area (Å²) in [4.78, 5) is 26.5. The maximum atomic E-state index is 9.74. The van der Waals surface area contributed by atoms with Gasteiger partial charge >= 0.3 is 0 Å². The molecule has 8 heteroatoms. The minimum absolute atomic E-state index is 0.214. The predicted molar refractivity (Wildman–Crippen MR) is 100 cm³/mol. The molecule has 2 aromatic rings. The number of piperazine rings is 1. The number of aliphatic hydroxyl groups is 1. The fourth-order valence-corrected chi connectivity index (χ4v) is 3.35. The number of hydrogen-bond acceptors (Lipinski definition) is 8. The Labute approximate surface area is 154 Å². The van der Waals surface area contributed by atoms with E-state index in [1.165, 1.54) is 0 Å². The molecule has 0 saturated carbocycles. The molecule has 26 heavy (non-hydrogen) atoms. The van der Waals surface area contributed by atoms with E-state index < -0.39 is 6.10 Å². The number of nitrogens with zero attached hydrogens (tertiary/aromatic N) is 7. The lowest BCUT2D eigenvalue weighted by molar-refractivity contribution is 0.189. The fraction of sp³-hybridized carbons (Fsp3) is 0.611. The van der Waals surface area contributed by atoms with E-state index in [9.17, 15) is 5.11 Å². The first-order chi connectivity index (χ1) is 12.4. The van der Waals surface area contributed by atoms with Crippen LogP contribution in [-0.2, 0) is 0 Å². The third kappa shape index (κ3) is 3.75. The molecule has 8 nitrogen and oxygen atoms in total. The van der Waals surface area contributed by atoms with Crippen LogP contribution in [0.25, 0.3) is 0 Å². The van der Waals surface area contributed by atoms with E-state index in [2.05, 4.69) is 62.4 Å². The topological polar surface area (TPSA) is 91.2 Å². The summed E-state index contributed by atoms with van der Waals surface area (Å²) >= 11 is 0. The van der Waals surface area contributed by atoms with Crippen molar-refractivity contribution >= 4 is 11.8 Å². The quantitative estimate of drug-likeness (QED) is 0.888. The van der Waals surface area contributed by atoms with Gasteiger partial charge in [-0.25, -0.2) is 19.9 Å². The molecule has 1 aliphatic rings. The van der Waals surface area contributed by atoms with Crippen LogP contribution < -0.4 is 9.80 Å². The lowest BCUT2D eigenvalue weighted by Crippen LogP contribution is -2.58. The van der Waals surface area contributed by atoms with Crippen molar-refractivity contribution in [3.05, 3.63) is 30.2 Å². The average Bonchev–Trinajstić information content (AvgIpc) is 2.61. The van der Waals surface area contributed by atoms with Crippen LogP contribution in [0.5, 0.6) is 0 Å². The molecular weight excluding hydrogens is 330 g/mol. The Hall–Kier alpha value is -2.35. The Morgan fingerprint density at radius 3 is 2.31 bits per heavy atom. The van der Waals surface area contributed by atoms with Gasteiger partial charge < -0.3 is 14.9 Å². The molecule has 140 valence electrons. The van der Waals surface area contributed by atoms with Crippen molar-refractivity contribution in [3.63, 3.8) is 0 Å². The van der Waals surface area contributed by atoms with Gasteiger partial charge in [0.2, 0.25) is 5.95 Å². The average molecular weight is 357 g/mol. The van der Waals surface area contributed by atoms with Crippen LogP contribution in [0.4, 0.5) is 11.8 Å². The van der Waals surface area contributed by atoms with E-state index in [0.717, 1.165) is 30.7 Å². The third-order valence-corrected chi connectivity index (χ3v) is 4.60. The summed E-state index contributed by atoms with van der Waals surface area (Å²) in [5.41, 5.74) is 0. The van der Waals surface area contributed by atoms with Crippen LogP contribution in [0.15, 0.2) is 18.6 Å². The Balaban J connectivity index is 1.81. The summed E-state index contributed by atoms with van der Waals surface area (Å²) in [6.45, 7) is 11.8. The molecular formula is C18H27N7O. The normalized spacial score (nSPS) is 22.0. The highest BCUT2D eigenvalue weighted by Crippen LogP contribution is 2.25. The Morgan fingerprint density at radius 1 is 1.00 bits per heavy atom. The van der Waals surface area contributed by atoms with Crippen LogP contribution in [0.2, 0.25) is 0 Å². The second kappa shape index (κ2) is 7.49. The maximum Gasteiger partial charge on any atom is 0.229 e. The van der Waals surface area contributed by atoms with Crippen molar-refractivity contribution in [1.29, 1.82) is 0 Å². The first-order valence-corrected chi connectivity index (χ1v) is 9.10. The summed E-state index contributed by atoms with van der Waals surface area (Å²) < 4.78 is 0. The van der Waals surface area contributed by atoms with Gasteiger partial charge in [-0.1, -0.05) is 13.8 Å². The van der Waals surface area contributed by atoms with Gasteiger partial charge in [0.25, 0.3) is 0 Å². The molecule has 0 radical (unpaired) electrons. The van der Waals surface area contributed by atoms with E-state index >= 15 is 0 Å². The minimum atomic E-state index is -0.675. The van der Waals surface area contributed by atoms with Crippen LogP contribution in [0.1, 0.15) is 58.3 Å². The molecule has 3 atom stereocenters. The zero-order valence-corrected chi connectivity index (χ0v) is 16.0. The minimum Gasteiger partial charge on any atom is -0.385 e. The molecule has 1 aliphatic heterocycles. The van der Waals surface area contributed by atoms with Gasteiger partial charge in [-0.3, -0.25) is 0 Å². The van der Waals surface area contributed by atoms with Crippen LogP contribution >= 0.6 is 0 Å². The second-order valence-electron chi connectivity index (χ2n) is 7.26. The highest BCUT2D eigenvalue weighted by atomic mass is 16.3. The monoisotopic (exact) mass is 357 g/mol. The largest absolute Gasteiger partial charge is 0.385 e. The second-order valence-corrected chi connectivity index (χ2v) is 7.26. The number of aliphatic hydroxyl groups excluding tert-OH is 1. The van der Waals surface area contributed by atoms with Crippen LogP contribution in [0.3, 0.4) is 0 Å². The van der Waals surface area contributed by atoms with E-state index in [-0.39, 0.29) is 18.0 Å². The van der Waals surface area contributed by atoms with Gasteiger partial charge in [0.1, 0.15) is 24.1 Å². The smallest absolute Gasteiger partial charge is 0.229 e. The van der Waals surface area contributed by atoms with Crippen LogP contribution in [0, 0.1) is 0 Å². The van der Waals surface area contributed by atoms with Gasteiger partial charge in [-0.05, 0) is 26.8 Å². The maximum absolute atomic E-state index is 9.74. The molecule has 0 aliphatic carbocycles. The van der Waals surface area contributed by atoms with Crippen molar-refractivity contribution < 1.29 is 5.11 Å². The molecule has 0 aromatic carbocycles. The molecule has 3 rings (SSSR count). The SMILES string of the molecule is CC(C)c1ncnc(N2C(C)CN(c3ccnc([C@@H](C)O)n3)C[C@H]2C)n1. The van der Waals surface area contributed by atoms with Crippen molar-refractivity contribution in [2.24, 2.45) is 0 Å². The number of rotatable bonds is 4. The summed E-state index contributed by atoms with van der Waals surface area (Å²) in [5.74, 6) is 3.10. The van der Waals surface area contributed by atoms with Crippen molar-refractivity contribution in [1.82, 2.24) is 24.9 Å². The molecule has 0 amide bonds. The standard InChI is InChI=1S/C18H27N7O/c1-11(2)16-20-10-21-18(23-16)25-12(3)8-24(9-13(25)4)15-6-7-19-17(22-15)14(5)26/h6-7,10-14,26H,8-9H2,1-5H3/t12-,13?,14-/m1/s1. The summed E-state index contributed by atoms with van der Waals surface area (Å²) in [7, 11) is 0. The zero-order chi connectivity index (χ0) is 18.8. The molecule has 1 saturated heterocycles. The van der Waals surface area contributed by atoms with Crippen molar-refractivity contribution in [2.45, 2.75) is 58.7 Å². The Bertz CT molecular complexity index is 740. The van der Waals surface area contributed by atoms with Crippen LogP contribution in [-0.4, -0.2) is 55.2 Å². The summed E-state index contributed by atoms with van der Waals surface area (Å²) in [6.07, 6.45) is 2.63. The van der Waals surface area contributed by atoms with Gasteiger partial charge in [0, 0.05) is 37.3 Å². The molecule has 1 fully saturated rings. The number of anilines is 2. The highest BCUT2D eigenvalue weighted by Gasteiger charge is 2.32. The third-order valence-electron chi connectivity index (χ3n) is 4.60. The van der Waals surface area contributed by atoms with Gasteiger partial charge in [-0.2, -0.15) is 4.98 Å². The number of hydrogen-bond donors (Lipinski definition) is 1. The van der Waals surface area contributed by atoms with Gasteiger partial charge in [0.05, 0.1) is 0 Å². The van der Waals surface area contributed by atoms with E-state index in [4.69, 9.17) is 0 Å². The molecule has 3 heterocycles. The molecule has 1 unspecified atom stereocenters. The number of aromatic nitrogens is 5. The first kappa shape index (κ1) is 18.4. The molecule has 0 spiro atoms. The fourth-order valence-electron chi connectivity index (χ4n) is 3.35. The van der Waals surface area contributed by atoms with Gasteiger partial charge in [0.15, 0.2) is 5.82 Å². The van der Waals surface area contributed by atoms with Crippen molar-refractivity contribution in [2.75, 3.05) is 22.9 Å². The van der Waals surface area contributed by atoms with E-state index in [1.54, 1.807) is 19.4 Å². The Morgan fingerprint density at radius 2 is 1.69 bits per heavy atom. The molecule has 0 bridgehead atoms. The lowest BCUT2D eigenvalue weighted by atomic mass is 10.1. The molecule has 2 aromatic heterocycles. The van der Waals surface area contributed by atoms with E-state index in [1.807, 2.05) is 6.07 Å². The zero-order valence-electron chi connectivity index (χ0n) is 16.0. The summed E-state index contributed by atoms with van der Waals surface area (Å²) in [5, 5.41) is 9.74. The lowest BCUT2D eigenvalue weighted by Gasteiger charge is -2.45. The van der Waals surface area contributed by atoms with Gasteiger partial charge in [-0.15, -0.1) is 0 Å². The Kier molecular flexibility index (Phi) is 5.31. The highest BCUT2D eigenvalue weighted by molar-refractivity contribution is 5.44. The first-order valence-electron chi connectivity index (χ1n) is 9.10. The summed E-state index contributed by atoms with van der Waals surface area (Å²) in [6, 6.07) is 2.32. The van der Waals surface area contributed by atoms with Crippen molar-refractivity contribution in [3.8, 4) is 0 Å². The molecule has 1 N–H and O–H groups in total. The predicted octanol–water partition coefficient (Wildman–Crippen LogP) is 1.94. The van der Waals surface area contributed by atoms with E-state index in [0.29, 0.717) is 5.82 Å².